The van der Waals surface area contributed by atoms with Crippen molar-refractivity contribution in [2.24, 2.45) is 5.73 Å². The summed E-state index contributed by atoms with van der Waals surface area (Å²) in [5.74, 6) is -0.468. The van der Waals surface area contributed by atoms with Gasteiger partial charge in [-0.3, -0.25) is 15.0 Å². The Bertz CT molecular complexity index is 470. The van der Waals surface area contributed by atoms with Crippen molar-refractivity contribution in [2.45, 2.75) is 12.6 Å². The van der Waals surface area contributed by atoms with Gasteiger partial charge in [-0.1, -0.05) is 0 Å². The maximum atomic E-state index is 13.2. The number of rotatable bonds is 4. The summed E-state index contributed by atoms with van der Waals surface area (Å²) < 4.78 is 18.6. The summed E-state index contributed by atoms with van der Waals surface area (Å²) in [6, 6.07) is 3.51. The second-order valence-electron chi connectivity index (χ2n) is 4.49. The second-order valence-corrected chi connectivity index (χ2v) is 4.49. The maximum absolute atomic E-state index is 13.2. The van der Waals surface area contributed by atoms with Gasteiger partial charge in [0.25, 0.3) is 5.69 Å². The molecule has 7 heteroatoms. The van der Waals surface area contributed by atoms with Gasteiger partial charge in [-0.2, -0.15) is 0 Å². The Kier molecular flexibility index (Phi) is 4.41. The average Bonchev–Trinajstić information content (AvgIpc) is 2.38. The van der Waals surface area contributed by atoms with E-state index in [2.05, 4.69) is 0 Å². The van der Waals surface area contributed by atoms with Gasteiger partial charge >= 0.3 is 0 Å². The van der Waals surface area contributed by atoms with Gasteiger partial charge in [0.05, 0.1) is 17.6 Å². The summed E-state index contributed by atoms with van der Waals surface area (Å²) in [5, 5.41) is 10.9. The van der Waals surface area contributed by atoms with E-state index < -0.39 is 10.7 Å². The molecule has 1 aliphatic heterocycles. The highest BCUT2D eigenvalue weighted by Crippen LogP contribution is 2.22. The first-order valence-electron chi connectivity index (χ1n) is 6.07. The van der Waals surface area contributed by atoms with Crippen LogP contribution in [0.4, 0.5) is 10.1 Å². The molecular weight excluding hydrogens is 253 g/mol. The van der Waals surface area contributed by atoms with E-state index in [1.165, 1.54) is 12.1 Å². The number of nitrogens with two attached hydrogens (primary N) is 1. The molecule has 2 N–H and O–H groups in total. The van der Waals surface area contributed by atoms with E-state index in [1.807, 2.05) is 4.90 Å². The Morgan fingerprint density at radius 1 is 1.58 bits per heavy atom. The third-order valence-electron chi connectivity index (χ3n) is 3.12. The van der Waals surface area contributed by atoms with Crippen molar-refractivity contribution < 1.29 is 14.1 Å². The van der Waals surface area contributed by atoms with Crippen LogP contribution in [0.1, 0.15) is 5.56 Å². The minimum absolute atomic E-state index is 0.0582. The number of nitrogens with zero attached hydrogens (tertiary/aromatic N) is 2. The van der Waals surface area contributed by atoms with Crippen LogP contribution in [0.2, 0.25) is 0 Å². The molecule has 1 atom stereocenters. The minimum Gasteiger partial charge on any atom is -0.374 e. The van der Waals surface area contributed by atoms with Gasteiger partial charge in [0.2, 0.25) is 0 Å². The topological polar surface area (TPSA) is 81.6 Å². The summed E-state index contributed by atoms with van der Waals surface area (Å²) in [4.78, 5) is 12.4. The number of hydrogen-bond donors (Lipinski definition) is 1. The Hall–Kier alpha value is -1.57. The SMILES string of the molecule is NCC1CN(Cc2cc(F)ccc2[N+](=O)[O-])CCO1. The van der Waals surface area contributed by atoms with E-state index >= 15 is 0 Å². The third kappa shape index (κ3) is 3.46. The average molecular weight is 269 g/mol. The van der Waals surface area contributed by atoms with Gasteiger partial charge in [-0.15, -0.1) is 0 Å². The first kappa shape index (κ1) is 13.9. The maximum Gasteiger partial charge on any atom is 0.274 e. The van der Waals surface area contributed by atoms with Gasteiger partial charge < -0.3 is 10.5 Å². The van der Waals surface area contributed by atoms with Crippen molar-refractivity contribution in [3.05, 3.63) is 39.7 Å². The van der Waals surface area contributed by atoms with Crippen LogP contribution in [0.15, 0.2) is 18.2 Å². The highest BCUT2D eigenvalue weighted by molar-refractivity contribution is 5.40. The fourth-order valence-corrected chi connectivity index (χ4v) is 2.17. The first-order chi connectivity index (χ1) is 9.10. The van der Waals surface area contributed by atoms with E-state index in [9.17, 15) is 14.5 Å². The van der Waals surface area contributed by atoms with E-state index in [4.69, 9.17) is 10.5 Å². The molecule has 0 aliphatic carbocycles. The highest BCUT2D eigenvalue weighted by Gasteiger charge is 2.22. The molecule has 1 saturated heterocycles. The molecule has 6 nitrogen and oxygen atoms in total. The summed E-state index contributed by atoms with van der Waals surface area (Å²) in [7, 11) is 0. The van der Waals surface area contributed by atoms with Crippen LogP contribution in [0.25, 0.3) is 0 Å². The number of ether oxygens (including phenoxy) is 1. The van der Waals surface area contributed by atoms with Crippen molar-refractivity contribution in [2.75, 3.05) is 26.2 Å². The number of nitro groups is 1. The standard InChI is InChI=1S/C12H16FN3O3/c13-10-1-2-12(16(17)18)9(5-10)7-15-3-4-19-11(6-14)8-15/h1-2,5,11H,3-4,6-8,14H2. The molecule has 0 aromatic heterocycles. The van der Waals surface area contributed by atoms with Crippen LogP contribution in [0.5, 0.6) is 0 Å². The summed E-state index contributed by atoms with van der Waals surface area (Å²) >= 11 is 0. The molecule has 0 spiro atoms. The molecule has 1 aromatic carbocycles. The summed E-state index contributed by atoms with van der Waals surface area (Å²) in [6.07, 6.45) is -0.0682. The number of morpholine rings is 1. The molecule has 0 amide bonds. The highest BCUT2D eigenvalue weighted by atomic mass is 19.1. The third-order valence-corrected chi connectivity index (χ3v) is 3.12. The Labute approximate surface area is 110 Å². The van der Waals surface area contributed by atoms with Crippen molar-refractivity contribution in [1.29, 1.82) is 0 Å². The summed E-state index contributed by atoms with van der Waals surface area (Å²) in [5.41, 5.74) is 5.86. The Morgan fingerprint density at radius 2 is 2.37 bits per heavy atom. The van der Waals surface area contributed by atoms with Crippen LogP contribution in [0.3, 0.4) is 0 Å². The van der Waals surface area contributed by atoms with Crippen LogP contribution in [-0.2, 0) is 11.3 Å². The zero-order valence-corrected chi connectivity index (χ0v) is 10.4. The van der Waals surface area contributed by atoms with Crippen molar-refractivity contribution >= 4 is 5.69 Å². The smallest absolute Gasteiger partial charge is 0.274 e. The fourth-order valence-electron chi connectivity index (χ4n) is 2.17. The predicted octanol–water partition coefficient (Wildman–Crippen LogP) is 0.893. The lowest BCUT2D eigenvalue weighted by atomic mass is 10.1. The van der Waals surface area contributed by atoms with Crippen LogP contribution >= 0.6 is 0 Å². The zero-order chi connectivity index (χ0) is 13.8. The fraction of sp³-hybridized carbons (Fsp3) is 0.500. The Balaban J connectivity index is 2.13. The molecule has 1 aliphatic rings. The van der Waals surface area contributed by atoms with E-state index in [1.54, 1.807) is 0 Å². The molecule has 2 rings (SSSR count). The van der Waals surface area contributed by atoms with Crippen LogP contribution < -0.4 is 5.73 Å². The first-order valence-corrected chi connectivity index (χ1v) is 6.07. The quantitative estimate of drug-likeness (QED) is 0.648. The number of nitro benzene ring substituents is 1. The zero-order valence-electron chi connectivity index (χ0n) is 10.4. The molecule has 0 radical (unpaired) electrons. The molecule has 0 bridgehead atoms. The van der Waals surface area contributed by atoms with Gasteiger partial charge in [0, 0.05) is 37.8 Å². The normalized spacial score (nSPS) is 20.4. The van der Waals surface area contributed by atoms with E-state index in [0.717, 1.165) is 6.07 Å². The minimum atomic E-state index is -0.490. The van der Waals surface area contributed by atoms with Crippen molar-refractivity contribution in [1.82, 2.24) is 4.90 Å². The lowest BCUT2D eigenvalue weighted by molar-refractivity contribution is -0.385. The van der Waals surface area contributed by atoms with Gasteiger partial charge in [-0.25, -0.2) is 4.39 Å². The van der Waals surface area contributed by atoms with Crippen LogP contribution in [0, 0.1) is 15.9 Å². The second kappa shape index (κ2) is 6.05. The van der Waals surface area contributed by atoms with Crippen LogP contribution in [-0.4, -0.2) is 42.2 Å². The lowest BCUT2D eigenvalue weighted by Crippen LogP contribution is -2.45. The van der Waals surface area contributed by atoms with E-state index in [-0.39, 0.29) is 11.8 Å². The lowest BCUT2D eigenvalue weighted by Gasteiger charge is -2.32. The Morgan fingerprint density at radius 3 is 3.05 bits per heavy atom. The molecular formula is C12H16FN3O3. The van der Waals surface area contributed by atoms with Gasteiger partial charge in [0.1, 0.15) is 5.82 Å². The predicted molar refractivity (Wildman–Crippen MR) is 67.1 cm³/mol. The molecule has 0 saturated carbocycles. The largest absolute Gasteiger partial charge is 0.374 e. The summed E-state index contributed by atoms with van der Waals surface area (Å²) in [6.45, 7) is 2.52. The number of halogens is 1. The molecule has 19 heavy (non-hydrogen) atoms. The molecule has 1 aromatic rings. The molecule has 1 unspecified atom stereocenters. The molecule has 104 valence electrons. The van der Waals surface area contributed by atoms with E-state index in [0.29, 0.717) is 38.3 Å². The molecule has 1 heterocycles. The number of benzene rings is 1. The van der Waals surface area contributed by atoms with Crippen molar-refractivity contribution in [3.8, 4) is 0 Å². The number of hydrogen-bond acceptors (Lipinski definition) is 5. The van der Waals surface area contributed by atoms with Gasteiger partial charge in [0.15, 0.2) is 0 Å². The van der Waals surface area contributed by atoms with Crippen molar-refractivity contribution in [3.63, 3.8) is 0 Å². The van der Waals surface area contributed by atoms with Gasteiger partial charge in [-0.05, 0) is 12.1 Å². The molecule has 1 fully saturated rings. The monoisotopic (exact) mass is 269 g/mol.